The number of amides is 1. The molecule has 1 unspecified atom stereocenters. The van der Waals surface area contributed by atoms with Crippen molar-refractivity contribution in [1.29, 1.82) is 0 Å². The van der Waals surface area contributed by atoms with Gasteiger partial charge in [0.05, 0.1) is 19.8 Å². The highest BCUT2D eigenvalue weighted by atomic mass is 32.2. The van der Waals surface area contributed by atoms with E-state index in [9.17, 15) is 9.59 Å². The van der Waals surface area contributed by atoms with E-state index in [1.54, 1.807) is 11.8 Å². The first-order valence-electron chi connectivity index (χ1n) is 13.9. The fourth-order valence-corrected chi connectivity index (χ4v) is 5.59. The molecule has 1 amide bonds. The zero-order valence-electron chi connectivity index (χ0n) is 23.4. The third-order valence-corrected chi connectivity index (χ3v) is 8.03. The molecule has 6 nitrogen and oxygen atoms in total. The molecule has 2 aromatic rings. The minimum Gasteiger partial charge on any atom is -0.467 e. The molecule has 208 valence electrons. The van der Waals surface area contributed by atoms with Gasteiger partial charge in [-0.1, -0.05) is 50.1 Å². The van der Waals surface area contributed by atoms with E-state index in [0.717, 1.165) is 66.8 Å². The van der Waals surface area contributed by atoms with Crippen LogP contribution in [0, 0.1) is 12.8 Å². The first kappa shape index (κ1) is 30.2. The Hall–Kier alpha value is -2.35. The van der Waals surface area contributed by atoms with E-state index in [1.807, 2.05) is 49.6 Å². The van der Waals surface area contributed by atoms with Crippen molar-refractivity contribution >= 4 is 23.6 Å². The number of rotatable bonds is 14. The molecule has 7 heteroatoms. The minimum atomic E-state index is -0.683. The van der Waals surface area contributed by atoms with Gasteiger partial charge in [0, 0.05) is 5.56 Å². The van der Waals surface area contributed by atoms with Gasteiger partial charge in [-0.15, -0.1) is 0 Å². The van der Waals surface area contributed by atoms with Crippen molar-refractivity contribution in [2.75, 3.05) is 32.2 Å². The summed E-state index contributed by atoms with van der Waals surface area (Å²) in [6.45, 7) is 6.90. The lowest BCUT2D eigenvalue weighted by Crippen LogP contribution is -2.42. The van der Waals surface area contributed by atoms with Gasteiger partial charge >= 0.3 is 5.97 Å². The Morgan fingerprint density at radius 2 is 1.87 bits per heavy atom. The van der Waals surface area contributed by atoms with E-state index in [-0.39, 0.29) is 12.0 Å². The lowest BCUT2D eigenvalue weighted by molar-refractivity contribution is -0.142. The Kier molecular flexibility index (Phi) is 12.6. The van der Waals surface area contributed by atoms with Crippen LogP contribution in [0.25, 0.3) is 11.1 Å². The SMILES string of the molecule is CCCCC(OCc1ccc(C(=O)N[C@@H](CCSC)C(=O)OC)c(-c2ccccc2C)c1)C1CCNCC1. The lowest BCUT2D eigenvalue weighted by atomic mass is 9.89. The first-order valence-corrected chi connectivity index (χ1v) is 15.3. The largest absolute Gasteiger partial charge is 0.467 e. The Morgan fingerprint density at radius 3 is 2.55 bits per heavy atom. The average Bonchev–Trinajstić information content (AvgIpc) is 2.95. The summed E-state index contributed by atoms with van der Waals surface area (Å²) in [5.41, 5.74) is 4.52. The third-order valence-electron chi connectivity index (χ3n) is 7.38. The zero-order chi connectivity index (χ0) is 27.3. The molecule has 1 aliphatic heterocycles. The Balaban J connectivity index is 1.86. The highest BCUT2D eigenvalue weighted by Crippen LogP contribution is 2.30. The van der Waals surface area contributed by atoms with Gasteiger partial charge in [0.25, 0.3) is 5.91 Å². The number of nitrogens with one attached hydrogen (secondary N) is 2. The molecule has 1 heterocycles. The molecule has 0 radical (unpaired) electrons. The minimum absolute atomic E-state index is 0.249. The van der Waals surface area contributed by atoms with Gasteiger partial charge in [0.1, 0.15) is 6.04 Å². The van der Waals surface area contributed by atoms with E-state index in [4.69, 9.17) is 9.47 Å². The fraction of sp³-hybridized carbons (Fsp3) is 0.548. The number of methoxy groups -OCH3 is 1. The molecule has 0 aromatic heterocycles. The van der Waals surface area contributed by atoms with Crippen molar-refractivity contribution in [2.45, 2.75) is 71.1 Å². The highest BCUT2D eigenvalue weighted by Gasteiger charge is 2.26. The second-order valence-electron chi connectivity index (χ2n) is 10.1. The smallest absolute Gasteiger partial charge is 0.328 e. The van der Waals surface area contributed by atoms with Crippen LogP contribution in [0.2, 0.25) is 0 Å². The number of unbranched alkanes of at least 4 members (excludes halogenated alkanes) is 1. The van der Waals surface area contributed by atoms with Crippen molar-refractivity contribution in [3.8, 4) is 11.1 Å². The van der Waals surface area contributed by atoms with Gasteiger partial charge in [-0.25, -0.2) is 4.79 Å². The quantitative estimate of drug-likeness (QED) is 0.297. The van der Waals surface area contributed by atoms with Crippen molar-refractivity contribution < 1.29 is 19.1 Å². The number of thioether (sulfide) groups is 1. The topological polar surface area (TPSA) is 76.7 Å². The monoisotopic (exact) mass is 540 g/mol. The number of benzene rings is 2. The van der Waals surface area contributed by atoms with E-state index in [0.29, 0.717) is 24.5 Å². The predicted molar refractivity (Wildman–Crippen MR) is 157 cm³/mol. The highest BCUT2D eigenvalue weighted by molar-refractivity contribution is 7.98. The number of hydrogen-bond acceptors (Lipinski definition) is 6. The lowest BCUT2D eigenvalue weighted by Gasteiger charge is -2.31. The molecular formula is C31H44N2O4S. The maximum Gasteiger partial charge on any atom is 0.328 e. The summed E-state index contributed by atoms with van der Waals surface area (Å²) in [4.78, 5) is 25.8. The number of hydrogen-bond donors (Lipinski definition) is 2. The molecule has 3 rings (SSSR count). The van der Waals surface area contributed by atoms with Gasteiger partial charge in [0.15, 0.2) is 0 Å². The van der Waals surface area contributed by atoms with Crippen LogP contribution in [-0.4, -0.2) is 56.2 Å². The van der Waals surface area contributed by atoms with Gasteiger partial charge in [-0.05, 0) is 98.0 Å². The number of esters is 1. The number of ether oxygens (including phenoxy) is 2. The zero-order valence-corrected chi connectivity index (χ0v) is 24.2. The van der Waals surface area contributed by atoms with Crippen LogP contribution in [0.5, 0.6) is 0 Å². The number of piperidine rings is 1. The van der Waals surface area contributed by atoms with Crippen LogP contribution in [0.4, 0.5) is 0 Å². The van der Waals surface area contributed by atoms with Gasteiger partial charge in [-0.3, -0.25) is 4.79 Å². The molecule has 0 saturated carbocycles. The number of aryl methyl sites for hydroxylation is 1. The molecule has 1 saturated heterocycles. The predicted octanol–water partition coefficient (Wildman–Crippen LogP) is 5.76. The maximum absolute atomic E-state index is 13.5. The van der Waals surface area contributed by atoms with E-state index in [1.165, 1.54) is 13.5 Å². The van der Waals surface area contributed by atoms with E-state index in [2.05, 4.69) is 23.6 Å². The van der Waals surface area contributed by atoms with Crippen LogP contribution in [0.1, 0.15) is 66.9 Å². The second kappa shape index (κ2) is 15.9. The van der Waals surface area contributed by atoms with Crippen LogP contribution in [-0.2, 0) is 20.9 Å². The van der Waals surface area contributed by atoms with Crippen LogP contribution < -0.4 is 10.6 Å². The summed E-state index contributed by atoms with van der Waals surface area (Å²) in [5.74, 6) is 0.630. The van der Waals surface area contributed by atoms with Crippen LogP contribution in [0.3, 0.4) is 0 Å². The van der Waals surface area contributed by atoms with Crippen molar-refractivity contribution in [1.82, 2.24) is 10.6 Å². The number of carbonyl (C=O) groups excluding carboxylic acids is 2. The third kappa shape index (κ3) is 8.58. The molecule has 1 aliphatic rings. The van der Waals surface area contributed by atoms with Crippen molar-refractivity contribution in [3.63, 3.8) is 0 Å². The molecule has 2 N–H and O–H groups in total. The fourth-order valence-electron chi connectivity index (χ4n) is 5.12. The average molecular weight is 541 g/mol. The summed E-state index contributed by atoms with van der Waals surface area (Å²) in [6, 6.07) is 13.3. The van der Waals surface area contributed by atoms with Gasteiger partial charge in [0.2, 0.25) is 0 Å². The summed E-state index contributed by atoms with van der Waals surface area (Å²) in [5, 5.41) is 6.38. The molecule has 38 heavy (non-hydrogen) atoms. The van der Waals surface area contributed by atoms with E-state index < -0.39 is 12.0 Å². The second-order valence-corrected chi connectivity index (χ2v) is 11.1. The van der Waals surface area contributed by atoms with Crippen LogP contribution >= 0.6 is 11.8 Å². The molecular weight excluding hydrogens is 496 g/mol. The molecule has 1 fully saturated rings. The summed E-state index contributed by atoms with van der Waals surface area (Å²) in [7, 11) is 1.35. The van der Waals surface area contributed by atoms with Gasteiger partial charge < -0.3 is 20.1 Å². The molecule has 2 aromatic carbocycles. The summed E-state index contributed by atoms with van der Waals surface area (Å²) < 4.78 is 11.5. The number of carbonyl (C=O) groups is 2. The Morgan fingerprint density at radius 1 is 1.11 bits per heavy atom. The van der Waals surface area contributed by atoms with Crippen molar-refractivity contribution in [3.05, 3.63) is 59.2 Å². The standard InChI is InChI=1S/C31H44N2O4S/c1-5-6-11-29(24-14-17-32-18-15-24)37-21-23-12-13-26(27(20-23)25-10-8-7-9-22(25)2)30(34)33-28(16-19-38-4)31(35)36-3/h7-10,12-13,20,24,28-29,32H,5-6,11,14-19,21H2,1-4H3,(H,33,34)/t28-,29?/m0/s1. The Bertz CT molecular complexity index is 1040. The van der Waals surface area contributed by atoms with Crippen molar-refractivity contribution in [2.24, 2.45) is 5.92 Å². The maximum atomic E-state index is 13.5. The molecule has 0 bridgehead atoms. The summed E-state index contributed by atoms with van der Waals surface area (Å²) >= 11 is 1.63. The van der Waals surface area contributed by atoms with Gasteiger partial charge in [-0.2, -0.15) is 11.8 Å². The normalized spacial score (nSPS) is 15.6. The molecule has 2 atom stereocenters. The van der Waals surface area contributed by atoms with E-state index >= 15 is 0 Å². The van der Waals surface area contributed by atoms with Crippen LogP contribution in [0.15, 0.2) is 42.5 Å². The first-order chi connectivity index (χ1) is 18.5. The molecule has 0 spiro atoms. The molecule has 0 aliphatic carbocycles. The summed E-state index contributed by atoms with van der Waals surface area (Å²) in [6.07, 6.45) is 8.46. The Labute approximate surface area is 232 Å².